The first-order valence-electron chi connectivity index (χ1n) is 9.95. The van der Waals surface area contributed by atoms with Gasteiger partial charge in [0.15, 0.2) is 0 Å². The highest BCUT2D eigenvalue weighted by Crippen LogP contribution is 2.38. The van der Waals surface area contributed by atoms with Crippen LogP contribution in [0.5, 0.6) is 0 Å². The van der Waals surface area contributed by atoms with Gasteiger partial charge in [-0.25, -0.2) is 0 Å². The largest absolute Gasteiger partial charge is 0.339 e. The quantitative estimate of drug-likeness (QED) is 0.896. The van der Waals surface area contributed by atoms with Crippen molar-refractivity contribution >= 4 is 11.6 Å². The normalized spacial score (nSPS) is 29.8. The van der Waals surface area contributed by atoms with Crippen molar-refractivity contribution in [3.05, 3.63) is 29.8 Å². The average molecular weight is 341 g/mol. The van der Waals surface area contributed by atoms with Crippen molar-refractivity contribution in [3.63, 3.8) is 0 Å². The lowest BCUT2D eigenvalue weighted by Gasteiger charge is -2.46. The van der Waals surface area contributed by atoms with E-state index in [1.807, 2.05) is 0 Å². The minimum atomic E-state index is -0.340. The third-order valence-corrected chi connectivity index (χ3v) is 6.81. The zero-order valence-electron chi connectivity index (χ0n) is 15.6. The minimum absolute atomic E-state index is 0.227. The molecule has 4 nitrogen and oxygen atoms in total. The van der Waals surface area contributed by atoms with Gasteiger partial charge in [0.05, 0.1) is 6.67 Å². The first-order chi connectivity index (χ1) is 12.1. The fourth-order valence-corrected chi connectivity index (χ4v) is 5.02. The first kappa shape index (κ1) is 16.9. The topological polar surface area (TPSA) is 35.6 Å². The summed E-state index contributed by atoms with van der Waals surface area (Å²) in [7, 11) is 0. The van der Waals surface area contributed by atoms with Gasteiger partial charge in [-0.05, 0) is 63.5 Å². The van der Waals surface area contributed by atoms with E-state index >= 15 is 0 Å². The monoisotopic (exact) mass is 341 g/mol. The van der Waals surface area contributed by atoms with Crippen LogP contribution in [0.15, 0.2) is 24.3 Å². The molecule has 3 fully saturated rings. The fourth-order valence-electron chi connectivity index (χ4n) is 5.02. The molecule has 0 unspecified atom stereocenters. The van der Waals surface area contributed by atoms with Crippen molar-refractivity contribution in [1.82, 2.24) is 10.2 Å². The Labute approximate surface area is 151 Å². The molecule has 1 aromatic carbocycles. The van der Waals surface area contributed by atoms with Gasteiger partial charge in [0.1, 0.15) is 5.54 Å². The number of aryl methyl sites for hydroxylation is 1. The molecule has 136 valence electrons. The van der Waals surface area contributed by atoms with E-state index in [0.717, 1.165) is 37.9 Å². The van der Waals surface area contributed by atoms with E-state index in [-0.39, 0.29) is 11.4 Å². The molecule has 2 aliphatic heterocycles. The van der Waals surface area contributed by atoms with E-state index in [9.17, 15) is 4.79 Å². The summed E-state index contributed by atoms with van der Waals surface area (Å²) >= 11 is 0. The molecule has 0 aromatic heterocycles. The average Bonchev–Trinajstić information content (AvgIpc) is 2.94. The maximum absolute atomic E-state index is 12.8. The number of nitrogens with zero attached hydrogens (tertiary/aromatic N) is 2. The Hall–Kier alpha value is -1.55. The standard InChI is InChI=1S/C21H31N3O/c1-16-3-7-18(8-4-16)23-13-11-21(12-14-23)20(25)22-15-24(21)19-9-5-17(2)6-10-19/h5-6,9-10,16,18H,3-4,7-8,11-15H2,1-2H3,(H,22,25)/t16-,18-. The molecule has 0 radical (unpaired) electrons. The van der Waals surface area contributed by atoms with Crippen LogP contribution in [0.2, 0.25) is 0 Å². The second-order valence-electron chi connectivity index (χ2n) is 8.41. The summed E-state index contributed by atoms with van der Waals surface area (Å²) in [6.07, 6.45) is 7.28. The zero-order chi connectivity index (χ0) is 17.4. The number of amides is 1. The van der Waals surface area contributed by atoms with Crippen molar-refractivity contribution in [3.8, 4) is 0 Å². The highest BCUT2D eigenvalue weighted by atomic mass is 16.2. The summed E-state index contributed by atoms with van der Waals surface area (Å²) in [6, 6.07) is 9.35. The van der Waals surface area contributed by atoms with E-state index in [4.69, 9.17) is 0 Å². The number of rotatable bonds is 2. The van der Waals surface area contributed by atoms with Gasteiger partial charge in [-0.3, -0.25) is 4.79 Å². The maximum Gasteiger partial charge on any atom is 0.247 e. The smallest absolute Gasteiger partial charge is 0.247 e. The Morgan fingerprint density at radius 3 is 2.32 bits per heavy atom. The molecule has 1 N–H and O–H groups in total. The van der Waals surface area contributed by atoms with Crippen LogP contribution in [0, 0.1) is 12.8 Å². The van der Waals surface area contributed by atoms with Gasteiger partial charge < -0.3 is 15.1 Å². The molecule has 2 heterocycles. The molecule has 3 aliphatic rings. The number of nitrogens with one attached hydrogen (secondary N) is 1. The molecule has 0 bridgehead atoms. The van der Waals surface area contributed by atoms with Crippen LogP contribution >= 0.6 is 0 Å². The van der Waals surface area contributed by atoms with Crippen molar-refractivity contribution in [2.45, 2.75) is 64.0 Å². The van der Waals surface area contributed by atoms with Crippen LogP contribution in [0.1, 0.15) is 51.0 Å². The minimum Gasteiger partial charge on any atom is -0.339 e. The van der Waals surface area contributed by atoms with E-state index in [0.29, 0.717) is 6.67 Å². The molecule has 1 spiro atoms. The second kappa shape index (κ2) is 6.64. The van der Waals surface area contributed by atoms with Gasteiger partial charge in [-0.1, -0.05) is 24.6 Å². The summed E-state index contributed by atoms with van der Waals surface area (Å²) < 4.78 is 0. The zero-order valence-corrected chi connectivity index (χ0v) is 15.6. The predicted molar refractivity (Wildman–Crippen MR) is 102 cm³/mol. The lowest BCUT2D eigenvalue weighted by Crippen LogP contribution is -2.58. The Balaban J connectivity index is 1.47. The molecule has 25 heavy (non-hydrogen) atoms. The number of anilines is 1. The molecule has 1 aromatic rings. The Bertz CT molecular complexity index is 611. The molecular formula is C21H31N3O. The van der Waals surface area contributed by atoms with E-state index in [1.54, 1.807) is 0 Å². The number of hydrogen-bond acceptors (Lipinski definition) is 3. The third kappa shape index (κ3) is 3.05. The molecule has 1 aliphatic carbocycles. The second-order valence-corrected chi connectivity index (χ2v) is 8.41. The number of carbonyl (C=O) groups is 1. The van der Waals surface area contributed by atoms with Crippen molar-refractivity contribution in [2.75, 3.05) is 24.7 Å². The molecule has 1 saturated carbocycles. The van der Waals surface area contributed by atoms with E-state index in [1.165, 1.54) is 36.9 Å². The van der Waals surface area contributed by atoms with E-state index < -0.39 is 0 Å². The predicted octanol–water partition coefficient (Wildman–Crippen LogP) is 3.30. The number of hydrogen-bond donors (Lipinski definition) is 1. The Morgan fingerprint density at radius 1 is 1.04 bits per heavy atom. The van der Waals surface area contributed by atoms with Gasteiger partial charge in [-0.15, -0.1) is 0 Å². The summed E-state index contributed by atoms with van der Waals surface area (Å²) in [5.41, 5.74) is 2.09. The number of carbonyl (C=O) groups excluding carboxylic acids is 1. The van der Waals surface area contributed by atoms with Crippen LogP contribution < -0.4 is 10.2 Å². The Kier molecular flexibility index (Phi) is 4.48. The summed E-state index contributed by atoms with van der Waals surface area (Å²) in [5.74, 6) is 1.12. The lowest BCUT2D eigenvalue weighted by atomic mass is 9.82. The molecule has 4 heteroatoms. The van der Waals surface area contributed by atoms with Gasteiger partial charge >= 0.3 is 0 Å². The summed E-state index contributed by atoms with van der Waals surface area (Å²) in [5, 5.41) is 3.11. The number of benzene rings is 1. The van der Waals surface area contributed by atoms with Crippen molar-refractivity contribution in [2.24, 2.45) is 5.92 Å². The number of likely N-dealkylation sites (tertiary alicyclic amines) is 1. The van der Waals surface area contributed by atoms with Crippen LogP contribution in [0.3, 0.4) is 0 Å². The maximum atomic E-state index is 12.8. The van der Waals surface area contributed by atoms with Gasteiger partial charge in [0, 0.05) is 24.8 Å². The van der Waals surface area contributed by atoms with Gasteiger partial charge in [0.2, 0.25) is 5.91 Å². The summed E-state index contributed by atoms with van der Waals surface area (Å²) in [4.78, 5) is 17.7. The SMILES string of the molecule is Cc1ccc(N2CNC(=O)C23CCN([C@H]2CC[C@H](C)CC2)CC3)cc1. The molecule has 1 amide bonds. The third-order valence-electron chi connectivity index (χ3n) is 6.81. The van der Waals surface area contributed by atoms with Crippen LogP contribution in [-0.2, 0) is 4.79 Å². The van der Waals surface area contributed by atoms with Gasteiger partial charge in [-0.2, -0.15) is 0 Å². The first-order valence-corrected chi connectivity index (χ1v) is 9.95. The van der Waals surface area contributed by atoms with Gasteiger partial charge in [0.25, 0.3) is 0 Å². The van der Waals surface area contributed by atoms with Crippen molar-refractivity contribution < 1.29 is 4.79 Å². The van der Waals surface area contributed by atoms with Crippen LogP contribution in [0.4, 0.5) is 5.69 Å². The fraction of sp³-hybridized carbons (Fsp3) is 0.667. The lowest BCUT2D eigenvalue weighted by molar-refractivity contribution is -0.125. The van der Waals surface area contributed by atoms with Crippen LogP contribution in [-0.4, -0.2) is 42.1 Å². The molecular weight excluding hydrogens is 310 g/mol. The van der Waals surface area contributed by atoms with E-state index in [2.05, 4.69) is 53.2 Å². The highest BCUT2D eigenvalue weighted by molar-refractivity contribution is 5.93. The highest BCUT2D eigenvalue weighted by Gasteiger charge is 2.50. The molecule has 4 rings (SSSR count). The van der Waals surface area contributed by atoms with Crippen LogP contribution in [0.25, 0.3) is 0 Å². The number of piperidine rings is 1. The Morgan fingerprint density at radius 2 is 1.68 bits per heavy atom. The molecule has 2 saturated heterocycles. The van der Waals surface area contributed by atoms with Crippen molar-refractivity contribution in [1.29, 1.82) is 0 Å². The summed E-state index contributed by atoms with van der Waals surface area (Å²) in [6.45, 7) is 7.23. The molecule has 0 atom stereocenters.